The minimum absolute atomic E-state index is 0.105. The van der Waals surface area contributed by atoms with Crippen LogP contribution in [-0.4, -0.2) is 43.5 Å². The first kappa shape index (κ1) is 20.5. The number of primary amides is 1. The van der Waals surface area contributed by atoms with Gasteiger partial charge >= 0.3 is 0 Å². The molecule has 1 aromatic carbocycles. The minimum Gasteiger partial charge on any atom is -0.369 e. The number of benzene rings is 1. The predicted octanol–water partition coefficient (Wildman–Crippen LogP) is 2.91. The van der Waals surface area contributed by atoms with Crippen molar-refractivity contribution >= 4 is 11.6 Å². The fourth-order valence-corrected chi connectivity index (χ4v) is 4.53. The second-order valence-corrected chi connectivity index (χ2v) is 8.00. The van der Waals surface area contributed by atoms with Gasteiger partial charge in [-0.1, -0.05) is 12.8 Å². The van der Waals surface area contributed by atoms with Crippen molar-refractivity contribution in [3.63, 3.8) is 0 Å². The van der Waals surface area contributed by atoms with Crippen molar-refractivity contribution in [3.8, 4) is 6.07 Å². The van der Waals surface area contributed by atoms with Crippen LogP contribution in [0, 0.1) is 40.7 Å². The molecule has 0 aromatic heterocycles. The molecule has 7 heteroatoms. The number of carbonyl (C=O) groups is 1. The molecule has 1 aliphatic carbocycles. The van der Waals surface area contributed by atoms with Crippen LogP contribution in [0.2, 0.25) is 0 Å². The molecule has 0 spiro atoms. The van der Waals surface area contributed by atoms with E-state index in [-0.39, 0.29) is 5.92 Å². The fraction of sp³-hybridized carbons (Fsp3) is 0.619. The third kappa shape index (κ3) is 4.99. The number of nitriles is 1. The van der Waals surface area contributed by atoms with E-state index in [1.165, 1.54) is 12.1 Å². The Morgan fingerprint density at radius 2 is 1.86 bits per heavy atom. The highest BCUT2D eigenvalue weighted by molar-refractivity contribution is 5.79. The van der Waals surface area contributed by atoms with Gasteiger partial charge in [-0.3, -0.25) is 9.69 Å². The summed E-state index contributed by atoms with van der Waals surface area (Å²) in [5, 5.41) is 9.12. The molecular formula is C21H28F2N4O. The van der Waals surface area contributed by atoms with Gasteiger partial charge in [-0.2, -0.15) is 5.26 Å². The number of rotatable bonds is 6. The first-order chi connectivity index (χ1) is 13.5. The number of amides is 1. The highest BCUT2D eigenvalue weighted by atomic mass is 19.1. The zero-order valence-electron chi connectivity index (χ0n) is 16.1. The third-order valence-corrected chi connectivity index (χ3v) is 6.28. The van der Waals surface area contributed by atoms with Crippen LogP contribution in [0.3, 0.4) is 0 Å². The highest BCUT2D eigenvalue weighted by Gasteiger charge is 2.31. The normalized spacial score (nSPS) is 24.5. The Labute approximate surface area is 165 Å². The van der Waals surface area contributed by atoms with E-state index in [0.717, 1.165) is 70.9 Å². The number of hydrogen-bond acceptors (Lipinski definition) is 4. The molecule has 0 radical (unpaired) electrons. The number of anilines is 1. The van der Waals surface area contributed by atoms with Gasteiger partial charge in [-0.15, -0.1) is 0 Å². The van der Waals surface area contributed by atoms with Crippen LogP contribution in [0.1, 0.15) is 32.1 Å². The van der Waals surface area contributed by atoms with E-state index in [9.17, 15) is 13.6 Å². The maximum atomic E-state index is 13.9. The monoisotopic (exact) mass is 390 g/mol. The number of halogens is 2. The molecule has 2 aliphatic rings. The van der Waals surface area contributed by atoms with Crippen LogP contribution in [0.25, 0.3) is 0 Å². The summed E-state index contributed by atoms with van der Waals surface area (Å²) < 4.78 is 27.0. The zero-order chi connectivity index (χ0) is 20.1. The average molecular weight is 390 g/mol. The molecule has 1 aliphatic heterocycles. The number of carbonyl (C=O) groups excluding carboxylic acids is 1. The number of piperazine rings is 1. The summed E-state index contributed by atoms with van der Waals surface area (Å²) in [4.78, 5) is 15.7. The lowest BCUT2D eigenvalue weighted by Crippen LogP contribution is -2.47. The average Bonchev–Trinajstić information content (AvgIpc) is 2.68. The lowest BCUT2D eigenvalue weighted by Gasteiger charge is -2.37. The van der Waals surface area contributed by atoms with Crippen molar-refractivity contribution in [2.24, 2.45) is 23.5 Å². The molecule has 152 valence electrons. The summed E-state index contributed by atoms with van der Waals surface area (Å²) >= 11 is 0. The van der Waals surface area contributed by atoms with Gasteiger partial charge in [0.1, 0.15) is 17.6 Å². The summed E-state index contributed by atoms with van der Waals surface area (Å²) in [6, 6.07) is 5.81. The Morgan fingerprint density at radius 1 is 1.18 bits per heavy atom. The standard InChI is InChI=1S/C21H28F2N4O/c22-17-5-6-20(19(23)13-17)27-11-9-26(10-12-27)8-7-15-1-3-16(4-2-15)18(14-24)21(25)28/h5-6,13,15-16,18H,1-4,7-12H2,(H2,25,28). The summed E-state index contributed by atoms with van der Waals surface area (Å²) in [7, 11) is 0. The van der Waals surface area contributed by atoms with Crippen LogP contribution in [0.5, 0.6) is 0 Å². The highest BCUT2D eigenvalue weighted by Crippen LogP contribution is 2.35. The Bertz CT molecular complexity index is 720. The van der Waals surface area contributed by atoms with Gasteiger partial charge in [0, 0.05) is 32.2 Å². The Balaban J connectivity index is 1.39. The molecule has 5 nitrogen and oxygen atoms in total. The zero-order valence-corrected chi connectivity index (χ0v) is 16.1. The van der Waals surface area contributed by atoms with Gasteiger partial charge in [0.05, 0.1) is 11.8 Å². The van der Waals surface area contributed by atoms with Gasteiger partial charge in [0.2, 0.25) is 5.91 Å². The van der Waals surface area contributed by atoms with E-state index >= 15 is 0 Å². The van der Waals surface area contributed by atoms with Gasteiger partial charge < -0.3 is 10.6 Å². The van der Waals surface area contributed by atoms with Crippen LogP contribution in [0.15, 0.2) is 18.2 Å². The predicted molar refractivity (Wildman–Crippen MR) is 103 cm³/mol. The fourth-order valence-electron chi connectivity index (χ4n) is 4.53. The second-order valence-electron chi connectivity index (χ2n) is 8.00. The molecular weight excluding hydrogens is 362 g/mol. The topological polar surface area (TPSA) is 73.4 Å². The summed E-state index contributed by atoms with van der Waals surface area (Å²) in [6.07, 6.45) is 4.96. The summed E-state index contributed by atoms with van der Waals surface area (Å²) in [5.74, 6) is -1.48. The van der Waals surface area contributed by atoms with E-state index in [0.29, 0.717) is 11.6 Å². The molecule has 1 unspecified atom stereocenters. The SMILES string of the molecule is N#CC(C(N)=O)C1CCC(CCN2CCN(c3ccc(F)cc3F)CC2)CC1. The maximum absolute atomic E-state index is 13.9. The van der Waals surface area contributed by atoms with Crippen molar-refractivity contribution in [2.75, 3.05) is 37.6 Å². The van der Waals surface area contributed by atoms with Crippen molar-refractivity contribution in [1.82, 2.24) is 4.90 Å². The van der Waals surface area contributed by atoms with Crippen LogP contribution >= 0.6 is 0 Å². The van der Waals surface area contributed by atoms with E-state index in [1.54, 1.807) is 0 Å². The number of hydrogen-bond donors (Lipinski definition) is 1. The van der Waals surface area contributed by atoms with Gasteiger partial charge in [-0.25, -0.2) is 8.78 Å². The van der Waals surface area contributed by atoms with E-state index in [1.807, 2.05) is 4.90 Å². The molecule has 1 aromatic rings. The molecule has 1 saturated carbocycles. The largest absolute Gasteiger partial charge is 0.369 e. The molecule has 2 N–H and O–H groups in total. The smallest absolute Gasteiger partial charge is 0.235 e. The molecule has 3 rings (SSSR count). The van der Waals surface area contributed by atoms with Crippen molar-refractivity contribution in [2.45, 2.75) is 32.1 Å². The first-order valence-electron chi connectivity index (χ1n) is 10.1. The molecule has 2 fully saturated rings. The first-order valence-corrected chi connectivity index (χ1v) is 10.1. The molecule has 1 amide bonds. The summed E-state index contributed by atoms with van der Waals surface area (Å²) in [5.41, 5.74) is 5.80. The number of nitrogens with zero attached hydrogens (tertiary/aromatic N) is 3. The van der Waals surface area contributed by atoms with Gasteiger partial charge in [0.25, 0.3) is 0 Å². The van der Waals surface area contributed by atoms with Gasteiger partial charge in [0.15, 0.2) is 0 Å². The van der Waals surface area contributed by atoms with E-state index in [2.05, 4.69) is 11.0 Å². The second kappa shape index (κ2) is 9.33. The third-order valence-electron chi connectivity index (χ3n) is 6.28. The lowest BCUT2D eigenvalue weighted by molar-refractivity contribution is -0.122. The van der Waals surface area contributed by atoms with Crippen molar-refractivity contribution < 1.29 is 13.6 Å². The van der Waals surface area contributed by atoms with Crippen LogP contribution in [0.4, 0.5) is 14.5 Å². The van der Waals surface area contributed by atoms with Gasteiger partial charge in [-0.05, 0) is 49.8 Å². The Hall–Kier alpha value is -2.20. The van der Waals surface area contributed by atoms with Crippen molar-refractivity contribution in [1.29, 1.82) is 5.26 Å². The number of nitrogens with two attached hydrogens (primary N) is 1. The minimum atomic E-state index is -0.652. The molecule has 28 heavy (non-hydrogen) atoms. The Kier molecular flexibility index (Phi) is 6.84. The molecule has 0 bridgehead atoms. The maximum Gasteiger partial charge on any atom is 0.235 e. The molecule has 1 saturated heterocycles. The van der Waals surface area contributed by atoms with E-state index in [4.69, 9.17) is 11.0 Å². The summed E-state index contributed by atoms with van der Waals surface area (Å²) in [6.45, 7) is 4.21. The van der Waals surface area contributed by atoms with Crippen LogP contribution in [-0.2, 0) is 4.79 Å². The quantitative estimate of drug-likeness (QED) is 0.811. The lowest BCUT2D eigenvalue weighted by atomic mass is 9.75. The van der Waals surface area contributed by atoms with Crippen molar-refractivity contribution in [3.05, 3.63) is 29.8 Å². The molecule has 1 heterocycles. The molecule has 1 atom stereocenters. The Morgan fingerprint density at radius 3 is 2.43 bits per heavy atom. The van der Waals surface area contributed by atoms with Crippen LogP contribution < -0.4 is 10.6 Å². The van der Waals surface area contributed by atoms with E-state index < -0.39 is 23.5 Å².